The number of aromatic nitrogens is 2. The first-order valence-corrected chi connectivity index (χ1v) is 4.82. The molecule has 0 spiro atoms. The van der Waals surface area contributed by atoms with Gasteiger partial charge < -0.3 is 5.73 Å². The van der Waals surface area contributed by atoms with Crippen LogP contribution in [-0.2, 0) is 0 Å². The van der Waals surface area contributed by atoms with Crippen molar-refractivity contribution in [2.75, 3.05) is 5.73 Å². The Hall–Kier alpha value is -1.37. The van der Waals surface area contributed by atoms with Gasteiger partial charge >= 0.3 is 5.69 Å². The minimum absolute atomic E-state index is 0.0544. The van der Waals surface area contributed by atoms with Crippen molar-refractivity contribution in [2.24, 2.45) is 0 Å². The second-order valence-electron chi connectivity index (χ2n) is 2.84. The minimum Gasteiger partial charge on any atom is -0.368 e. The summed E-state index contributed by atoms with van der Waals surface area (Å²) in [5.74, 6) is 0.0544. The average molecular weight is 214 g/mol. The van der Waals surface area contributed by atoms with E-state index in [-0.39, 0.29) is 16.9 Å². The SMILES string of the molecule is CC(C)Sc1nc(N)ncc1[N+](=O)[O-]. The summed E-state index contributed by atoms with van der Waals surface area (Å²) < 4.78 is 0. The first-order valence-electron chi connectivity index (χ1n) is 3.94. The Morgan fingerprint density at radius 3 is 2.79 bits per heavy atom. The van der Waals surface area contributed by atoms with Gasteiger partial charge in [-0.1, -0.05) is 25.6 Å². The van der Waals surface area contributed by atoms with Crippen LogP contribution in [0, 0.1) is 10.1 Å². The molecule has 0 saturated heterocycles. The van der Waals surface area contributed by atoms with E-state index >= 15 is 0 Å². The van der Waals surface area contributed by atoms with Crippen LogP contribution in [0.4, 0.5) is 11.6 Å². The molecule has 1 rings (SSSR count). The summed E-state index contributed by atoms with van der Waals surface area (Å²) in [6.45, 7) is 3.85. The molecule has 0 amide bonds. The van der Waals surface area contributed by atoms with Gasteiger partial charge in [0, 0.05) is 5.25 Å². The average Bonchev–Trinajstić information content (AvgIpc) is 2.01. The van der Waals surface area contributed by atoms with Crippen molar-refractivity contribution < 1.29 is 4.92 Å². The molecular formula is C7H10N4O2S. The lowest BCUT2D eigenvalue weighted by Gasteiger charge is -2.04. The number of thioether (sulfide) groups is 1. The Bertz CT molecular complexity index is 356. The third-order valence-electron chi connectivity index (χ3n) is 1.30. The lowest BCUT2D eigenvalue weighted by molar-refractivity contribution is -0.388. The number of nitrogens with zero attached hydrogens (tertiary/aromatic N) is 3. The summed E-state index contributed by atoms with van der Waals surface area (Å²) >= 11 is 1.29. The van der Waals surface area contributed by atoms with Crippen LogP contribution in [0.3, 0.4) is 0 Å². The number of nitro groups is 1. The topological polar surface area (TPSA) is 94.9 Å². The fraction of sp³-hybridized carbons (Fsp3) is 0.429. The van der Waals surface area contributed by atoms with Gasteiger partial charge in [0.25, 0.3) is 0 Å². The summed E-state index contributed by atoms with van der Waals surface area (Å²) in [6, 6.07) is 0. The maximum absolute atomic E-state index is 10.6. The van der Waals surface area contributed by atoms with Gasteiger partial charge in [0.2, 0.25) is 5.95 Å². The number of nitrogen functional groups attached to an aromatic ring is 1. The van der Waals surface area contributed by atoms with Crippen molar-refractivity contribution in [1.82, 2.24) is 9.97 Å². The van der Waals surface area contributed by atoms with E-state index in [4.69, 9.17) is 5.73 Å². The Kier molecular flexibility index (Phi) is 3.23. The maximum Gasteiger partial charge on any atom is 0.319 e. The van der Waals surface area contributed by atoms with E-state index in [1.54, 1.807) is 0 Å². The molecule has 2 N–H and O–H groups in total. The van der Waals surface area contributed by atoms with E-state index in [2.05, 4.69) is 9.97 Å². The largest absolute Gasteiger partial charge is 0.368 e. The van der Waals surface area contributed by atoms with Crippen LogP contribution in [0.5, 0.6) is 0 Å². The van der Waals surface area contributed by atoms with Crippen LogP contribution in [0.15, 0.2) is 11.2 Å². The van der Waals surface area contributed by atoms with E-state index in [9.17, 15) is 10.1 Å². The Morgan fingerprint density at radius 2 is 2.29 bits per heavy atom. The van der Waals surface area contributed by atoms with E-state index < -0.39 is 4.92 Å². The van der Waals surface area contributed by atoms with Crippen molar-refractivity contribution >= 4 is 23.4 Å². The second kappa shape index (κ2) is 4.23. The number of hydrogen-bond acceptors (Lipinski definition) is 6. The number of anilines is 1. The first-order chi connectivity index (χ1) is 6.50. The molecule has 0 aromatic carbocycles. The second-order valence-corrected chi connectivity index (χ2v) is 4.41. The molecule has 0 bridgehead atoms. The lowest BCUT2D eigenvalue weighted by Crippen LogP contribution is -2.01. The fourth-order valence-electron chi connectivity index (χ4n) is 0.808. The van der Waals surface area contributed by atoms with E-state index in [0.29, 0.717) is 5.03 Å². The first kappa shape index (κ1) is 10.7. The Labute approximate surface area is 85.1 Å². The highest BCUT2D eigenvalue weighted by molar-refractivity contribution is 7.99. The molecule has 0 atom stereocenters. The molecular weight excluding hydrogens is 204 g/mol. The zero-order chi connectivity index (χ0) is 10.7. The minimum atomic E-state index is -0.510. The van der Waals surface area contributed by atoms with Gasteiger partial charge in [0.15, 0.2) is 5.03 Å². The summed E-state index contributed by atoms with van der Waals surface area (Å²) in [5, 5.41) is 11.1. The van der Waals surface area contributed by atoms with Gasteiger partial charge in [0.05, 0.1) is 4.92 Å². The Morgan fingerprint density at radius 1 is 1.64 bits per heavy atom. The smallest absolute Gasteiger partial charge is 0.319 e. The fourth-order valence-corrected chi connectivity index (χ4v) is 1.65. The highest BCUT2D eigenvalue weighted by atomic mass is 32.2. The highest BCUT2D eigenvalue weighted by Crippen LogP contribution is 2.29. The molecule has 0 saturated carbocycles. The summed E-state index contributed by atoms with van der Waals surface area (Å²) in [4.78, 5) is 17.5. The summed E-state index contributed by atoms with van der Waals surface area (Å²) in [7, 11) is 0. The molecule has 6 nitrogen and oxygen atoms in total. The molecule has 0 radical (unpaired) electrons. The zero-order valence-electron chi connectivity index (χ0n) is 7.80. The van der Waals surface area contributed by atoms with Crippen molar-refractivity contribution in [3.05, 3.63) is 16.3 Å². The van der Waals surface area contributed by atoms with Gasteiger partial charge in [0.1, 0.15) is 6.20 Å². The Balaban J connectivity index is 3.09. The third-order valence-corrected chi connectivity index (χ3v) is 2.29. The summed E-state index contributed by atoms with van der Waals surface area (Å²) in [6.07, 6.45) is 1.13. The van der Waals surface area contributed by atoms with E-state index in [1.807, 2.05) is 13.8 Å². The van der Waals surface area contributed by atoms with Gasteiger partial charge in [-0.3, -0.25) is 10.1 Å². The maximum atomic E-state index is 10.6. The monoisotopic (exact) mass is 214 g/mol. The van der Waals surface area contributed by atoms with Crippen molar-refractivity contribution in [3.8, 4) is 0 Å². The normalized spacial score (nSPS) is 10.5. The van der Waals surface area contributed by atoms with Crippen LogP contribution < -0.4 is 5.73 Å². The number of hydrogen-bond donors (Lipinski definition) is 1. The predicted molar refractivity (Wildman–Crippen MR) is 54.1 cm³/mol. The molecule has 1 heterocycles. The van der Waals surface area contributed by atoms with E-state index in [1.165, 1.54) is 11.8 Å². The molecule has 0 unspecified atom stereocenters. The molecule has 0 aliphatic rings. The summed E-state index contributed by atoms with van der Waals surface area (Å²) in [5.41, 5.74) is 5.25. The van der Waals surface area contributed by atoms with Gasteiger partial charge in [-0.2, -0.15) is 4.98 Å². The van der Waals surface area contributed by atoms with E-state index in [0.717, 1.165) is 6.20 Å². The van der Waals surface area contributed by atoms with Crippen LogP contribution in [0.2, 0.25) is 0 Å². The molecule has 1 aromatic heterocycles. The molecule has 0 aliphatic heterocycles. The molecule has 14 heavy (non-hydrogen) atoms. The third kappa shape index (κ3) is 2.56. The van der Waals surface area contributed by atoms with Crippen LogP contribution in [0.1, 0.15) is 13.8 Å². The molecule has 0 aliphatic carbocycles. The standard InChI is InChI=1S/C7H10N4O2S/c1-4(2)14-6-5(11(12)13)3-9-7(8)10-6/h3-4H,1-2H3,(H2,8,9,10). The van der Waals surface area contributed by atoms with Crippen LogP contribution >= 0.6 is 11.8 Å². The van der Waals surface area contributed by atoms with Crippen LogP contribution in [0.25, 0.3) is 0 Å². The van der Waals surface area contributed by atoms with Gasteiger partial charge in [-0.25, -0.2) is 4.98 Å². The molecule has 1 aromatic rings. The lowest BCUT2D eigenvalue weighted by atomic mass is 10.5. The highest BCUT2D eigenvalue weighted by Gasteiger charge is 2.17. The zero-order valence-corrected chi connectivity index (χ0v) is 8.61. The number of nitrogens with two attached hydrogens (primary N) is 1. The quantitative estimate of drug-likeness (QED) is 0.354. The molecule has 7 heteroatoms. The van der Waals surface area contributed by atoms with Crippen LogP contribution in [-0.4, -0.2) is 20.1 Å². The number of rotatable bonds is 3. The van der Waals surface area contributed by atoms with Gasteiger partial charge in [-0.05, 0) is 0 Å². The molecule has 76 valence electrons. The van der Waals surface area contributed by atoms with Crippen molar-refractivity contribution in [3.63, 3.8) is 0 Å². The predicted octanol–water partition coefficient (Wildman–Crippen LogP) is 1.47. The van der Waals surface area contributed by atoms with Crippen molar-refractivity contribution in [1.29, 1.82) is 0 Å². The van der Waals surface area contributed by atoms with Crippen molar-refractivity contribution in [2.45, 2.75) is 24.1 Å². The molecule has 0 fully saturated rings. The van der Waals surface area contributed by atoms with Gasteiger partial charge in [-0.15, -0.1) is 0 Å².